The van der Waals surface area contributed by atoms with Gasteiger partial charge in [0.2, 0.25) is 0 Å². The van der Waals surface area contributed by atoms with Crippen LogP contribution in [0.15, 0.2) is 28.9 Å². The van der Waals surface area contributed by atoms with Crippen LogP contribution in [0.25, 0.3) is 11.0 Å². The number of piperazine rings is 1. The van der Waals surface area contributed by atoms with E-state index in [0.29, 0.717) is 6.04 Å². The molecule has 0 bridgehead atoms. The van der Waals surface area contributed by atoms with Gasteiger partial charge in [-0.05, 0) is 18.6 Å². The van der Waals surface area contributed by atoms with Gasteiger partial charge in [0.1, 0.15) is 5.82 Å². The minimum Gasteiger partial charge on any atom is -0.462 e. The summed E-state index contributed by atoms with van der Waals surface area (Å²) in [5.74, 6) is -0.197. The van der Waals surface area contributed by atoms with Crippen molar-refractivity contribution in [1.29, 1.82) is 0 Å². The first-order chi connectivity index (χ1) is 9.29. The summed E-state index contributed by atoms with van der Waals surface area (Å²) in [4.78, 5) is 2.29. The highest BCUT2D eigenvalue weighted by atomic mass is 19.1. The molecule has 3 rings (SSSR count). The molecule has 1 aliphatic heterocycles. The van der Waals surface area contributed by atoms with Crippen LogP contribution >= 0.6 is 0 Å². The van der Waals surface area contributed by atoms with E-state index in [4.69, 9.17) is 4.42 Å². The zero-order valence-corrected chi connectivity index (χ0v) is 11.2. The molecule has 2 aromatic rings. The molecule has 1 aliphatic rings. The molecule has 4 heteroatoms. The van der Waals surface area contributed by atoms with Gasteiger partial charge in [-0.15, -0.1) is 0 Å². The second kappa shape index (κ2) is 5.21. The van der Waals surface area contributed by atoms with Gasteiger partial charge in [-0.1, -0.05) is 13.3 Å². The van der Waals surface area contributed by atoms with E-state index in [-0.39, 0.29) is 5.82 Å². The molecule has 0 aliphatic carbocycles. The lowest BCUT2D eigenvalue weighted by atomic mass is 10.1. The van der Waals surface area contributed by atoms with Crippen molar-refractivity contribution in [2.45, 2.75) is 25.8 Å². The molecule has 0 spiro atoms. The molecule has 102 valence electrons. The van der Waals surface area contributed by atoms with Crippen molar-refractivity contribution < 1.29 is 8.81 Å². The summed E-state index contributed by atoms with van der Waals surface area (Å²) >= 11 is 0. The Balaban J connectivity index is 2.03. The zero-order valence-electron chi connectivity index (χ0n) is 11.2. The molecule has 0 amide bonds. The predicted octanol–water partition coefficient (Wildman–Crippen LogP) is 3.15. The number of fused-ring (bicyclic) bond motifs is 1. The van der Waals surface area contributed by atoms with Crippen molar-refractivity contribution in [2.75, 3.05) is 24.5 Å². The fourth-order valence-electron chi connectivity index (χ4n) is 2.91. The summed E-state index contributed by atoms with van der Waals surface area (Å²) in [5.41, 5.74) is 1.68. The van der Waals surface area contributed by atoms with Gasteiger partial charge in [0.25, 0.3) is 0 Å². The van der Waals surface area contributed by atoms with E-state index in [9.17, 15) is 4.39 Å². The number of nitrogens with one attached hydrogen (secondary N) is 1. The van der Waals surface area contributed by atoms with Crippen molar-refractivity contribution in [3.05, 3.63) is 30.3 Å². The minimum atomic E-state index is -0.197. The number of furan rings is 1. The first-order valence-corrected chi connectivity index (χ1v) is 6.93. The number of hydrogen-bond donors (Lipinski definition) is 1. The van der Waals surface area contributed by atoms with Crippen LogP contribution in [-0.4, -0.2) is 25.7 Å². The standard InChI is InChI=1S/C15H19FN2O/c1-2-3-13-10-17-5-6-18(13)14-9-12(16)8-11-4-7-19-15(11)14/h4,7-9,13,17H,2-3,5-6,10H2,1H3/t13-/m0/s1. The quantitative estimate of drug-likeness (QED) is 0.921. The Morgan fingerprint density at radius 2 is 2.37 bits per heavy atom. The Morgan fingerprint density at radius 3 is 3.21 bits per heavy atom. The van der Waals surface area contributed by atoms with Gasteiger partial charge in [0, 0.05) is 37.1 Å². The third kappa shape index (κ3) is 2.32. The van der Waals surface area contributed by atoms with Crippen LogP contribution < -0.4 is 10.2 Å². The summed E-state index contributed by atoms with van der Waals surface area (Å²) in [6, 6.07) is 5.35. The van der Waals surface area contributed by atoms with Crippen LogP contribution in [0.5, 0.6) is 0 Å². The molecule has 0 radical (unpaired) electrons. The fraction of sp³-hybridized carbons (Fsp3) is 0.467. The summed E-state index contributed by atoms with van der Waals surface area (Å²) < 4.78 is 19.3. The van der Waals surface area contributed by atoms with Gasteiger partial charge in [-0.25, -0.2) is 4.39 Å². The Hall–Kier alpha value is -1.55. The number of benzene rings is 1. The summed E-state index contributed by atoms with van der Waals surface area (Å²) in [6.45, 7) is 4.95. The predicted molar refractivity (Wildman–Crippen MR) is 75.1 cm³/mol. The van der Waals surface area contributed by atoms with Crippen molar-refractivity contribution in [3.63, 3.8) is 0 Å². The maximum absolute atomic E-state index is 13.8. The summed E-state index contributed by atoms with van der Waals surface area (Å²) in [5, 5.41) is 4.25. The van der Waals surface area contributed by atoms with Crippen LogP contribution in [0.4, 0.5) is 10.1 Å². The van der Waals surface area contributed by atoms with Crippen LogP contribution in [0, 0.1) is 5.82 Å². The van der Waals surface area contributed by atoms with Crippen molar-refractivity contribution in [1.82, 2.24) is 5.32 Å². The number of hydrogen-bond acceptors (Lipinski definition) is 3. The average Bonchev–Trinajstić information content (AvgIpc) is 2.87. The monoisotopic (exact) mass is 262 g/mol. The second-order valence-corrected chi connectivity index (χ2v) is 5.10. The SMILES string of the molecule is CCC[C@H]1CNCCN1c1cc(F)cc2ccoc12. The molecule has 1 aromatic heterocycles. The average molecular weight is 262 g/mol. The number of nitrogens with zero attached hydrogens (tertiary/aromatic N) is 1. The van der Waals surface area contributed by atoms with E-state index in [1.165, 1.54) is 6.07 Å². The van der Waals surface area contributed by atoms with E-state index >= 15 is 0 Å². The van der Waals surface area contributed by atoms with Crippen LogP contribution in [-0.2, 0) is 0 Å². The van der Waals surface area contributed by atoms with Gasteiger partial charge < -0.3 is 14.6 Å². The molecule has 0 saturated carbocycles. The maximum Gasteiger partial charge on any atom is 0.157 e. The lowest BCUT2D eigenvalue weighted by molar-refractivity contribution is 0.449. The van der Waals surface area contributed by atoms with Gasteiger partial charge >= 0.3 is 0 Å². The topological polar surface area (TPSA) is 28.4 Å². The van der Waals surface area contributed by atoms with E-state index in [1.54, 1.807) is 12.3 Å². The zero-order chi connectivity index (χ0) is 13.2. The first-order valence-electron chi connectivity index (χ1n) is 6.93. The van der Waals surface area contributed by atoms with Gasteiger partial charge in [0.05, 0.1) is 12.0 Å². The van der Waals surface area contributed by atoms with E-state index in [0.717, 1.165) is 49.1 Å². The van der Waals surface area contributed by atoms with Gasteiger partial charge in [0.15, 0.2) is 5.58 Å². The first kappa shape index (κ1) is 12.5. The lowest BCUT2D eigenvalue weighted by Crippen LogP contribution is -2.51. The molecule has 19 heavy (non-hydrogen) atoms. The molecular weight excluding hydrogens is 243 g/mol. The van der Waals surface area contributed by atoms with Gasteiger partial charge in [-0.3, -0.25) is 0 Å². The van der Waals surface area contributed by atoms with Crippen LogP contribution in [0.2, 0.25) is 0 Å². The Kier molecular flexibility index (Phi) is 3.42. The molecule has 1 fully saturated rings. The lowest BCUT2D eigenvalue weighted by Gasteiger charge is -2.38. The molecular formula is C15H19FN2O. The Labute approximate surface area is 112 Å². The molecule has 0 unspecified atom stereocenters. The number of halogens is 1. The number of anilines is 1. The van der Waals surface area contributed by atoms with Crippen molar-refractivity contribution in [2.24, 2.45) is 0 Å². The largest absolute Gasteiger partial charge is 0.462 e. The van der Waals surface area contributed by atoms with E-state index < -0.39 is 0 Å². The second-order valence-electron chi connectivity index (χ2n) is 5.10. The highest BCUT2D eigenvalue weighted by Gasteiger charge is 2.24. The smallest absolute Gasteiger partial charge is 0.157 e. The molecule has 1 atom stereocenters. The highest BCUT2D eigenvalue weighted by Crippen LogP contribution is 2.31. The third-order valence-corrected chi connectivity index (χ3v) is 3.78. The van der Waals surface area contributed by atoms with Crippen molar-refractivity contribution >= 4 is 16.7 Å². The fourth-order valence-corrected chi connectivity index (χ4v) is 2.91. The number of rotatable bonds is 3. The summed E-state index contributed by atoms with van der Waals surface area (Å²) in [6.07, 6.45) is 3.86. The highest BCUT2D eigenvalue weighted by molar-refractivity contribution is 5.89. The minimum absolute atomic E-state index is 0.197. The Bertz CT molecular complexity index is 564. The van der Waals surface area contributed by atoms with Crippen LogP contribution in [0.1, 0.15) is 19.8 Å². The Morgan fingerprint density at radius 1 is 1.47 bits per heavy atom. The molecule has 1 N–H and O–H groups in total. The van der Waals surface area contributed by atoms with E-state index in [1.807, 2.05) is 6.07 Å². The van der Waals surface area contributed by atoms with Crippen LogP contribution in [0.3, 0.4) is 0 Å². The molecule has 2 heterocycles. The summed E-state index contributed by atoms with van der Waals surface area (Å²) in [7, 11) is 0. The normalized spacial score (nSPS) is 20.1. The molecule has 1 saturated heterocycles. The third-order valence-electron chi connectivity index (χ3n) is 3.78. The van der Waals surface area contributed by atoms with Gasteiger partial charge in [-0.2, -0.15) is 0 Å². The maximum atomic E-state index is 13.8. The molecule has 1 aromatic carbocycles. The molecule has 3 nitrogen and oxygen atoms in total. The van der Waals surface area contributed by atoms with Crippen molar-refractivity contribution in [3.8, 4) is 0 Å². The van der Waals surface area contributed by atoms with E-state index in [2.05, 4.69) is 17.1 Å².